The summed E-state index contributed by atoms with van der Waals surface area (Å²) in [5, 5.41) is 10.1. The first-order chi connectivity index (χ1) is 4.95. The number of carbonyl (C=O) groups is 2. The molecule has 0 aromatic rings. The topological polar surface area (TPSA) is 66.4 Å². The van der Waals surface area contributed by atoms with Crippen LogP contribution in [0.2, 0.25) is 0 Å². The molecule has 0 bridgehead atoms. The van der Waals surface area contributed by atoms with Gasteiger partial charge in [-0.25, -0.2) is 4.79 Å². The van der Waals surface area contributed by atoms with Crippen LogP contribution in [0.1, 0.15) is 6.92 Å². The van der Waals surface area contributed by atoms with E-state index in [0.29, 0.717) is 0 Å². The van der Waals surface area contributed by atoms with E-state index in [9.17, 15) is 9.59 Å². The summed E-state index contributed by atoms with van der Waals surface area (Å²) in [6, 6.07) is -0.868. The SMILES string of the molecule is CC(NC(=O)O)C(=O)C(Cl)Cl. The van der Waals surface area contributed by atoms with Crippen LogP contribution in [-0.4, -0.2) is 27.9 Å². The van der Waals surface area contributed by atoms with Crippen molar-refractivity contribution in [1.82, 2.24) is 5.32 Å². The maximum Gasteiger partial charge on any atom is 0.405 e. The highest BCUT2D eigenvalue weighted by Crippen LogP contribution is 2.05. The van der Waals surface area contributed by atoms with Gasteiger partial charge in [0.05, 0.1) is 6.04 Å². The lowest BCUT2D eigenvalue weighted by atomic mass is 10.2. The Bertz CT molecular complexity index is 171. The van der Waals surface area contributed by atoms with Gasteiger partial charge in [-0.3, -0.25) is 4.79 Å². The lowest BCUT2D eigenvalue weighted by molar-refractivity contribution is -0.118. The molecule has 0 aliphatic carbocycles. The Morgan fingerprint density at radius 2 is 1.91 bits per heavy atom. The summed E-state index contributed by atoms with van der Waals surface area (Å²) in [6.45, 7) is 1.37. The molecule has 0 aliphatic heterocycles. The number of hydrogen-bond donors (Lipinski definition) is 2. The molecular weight excluding hydrogens is 193 g/mol. The minimum absolute atomic E-state index is 0.560. The number of amides is 1. The Morgan fingerprint density at radius 3 is 2.18 bits per heavy atom. The van der Waals surface area contributed by atoms with E-state index < -0.39 is 22.8 Å². The van der Waals surface area contributed by atoms with Crippen LogP contribution in [0, 0.1) is 0 Å². The van der Waals surface area contributed by atoms with Crippen molar-refractivity contribution in [3.8, 4) is 0 Å². The monoisotopic (exact) mass is 199 g/mol. The summed E-state index contributed by atoms with van der Waals surface area (Å²) in [7, 11) is 0. The van der Waals surface area contributed by atoms with Gasteiger partial charge in [0.2, 0.25) is 0 Å². The van der Waals surface area contributed by atoms with E-state index in [-0.39, 0.29) is 0 Å². The summed E-state index contributed by atoms with van der Waals surface area (Å²) in [4.78, 5) is 19.6. The Morgan fingerprint density at radius 1 is 1.45 bits per heavy atom. The Labute approximate surface area is 73.5 Å². The molecule has 64 valence electrons. The lowest BCUT2D eigenvalue weighted by Gasteiger charge is -2.09. The van der Waals surface area contributed by atoms with Crippen LogP contribution < -0.4 is 5.32 Å². The molecule has 0 heterocycles. The highest BCUT2D eigenvalue weighted by atomic mass is 35.5. The predicted octanol–water partition coefficient (Wildman–Crippen LogP) is 1.02. The van der Waals surface area contributed by atoms with E-state index in [4.69, 9.17) is 28.3 Å². The Hall–Kier alpha value is -0.480. The van der Waals surface area contributed by atoms with Gasteiger partial charge < -0.3 is 10.4 Å². The largest absolute Gasteiger partial charge is 0.465 e. The van der Waals surface area contributed by atoms with E-state index in [1.807, 2.05) is 5.32 Å². The Balaban J connectivity index is 3.93. The number of ketones is 1. The number of halogens is 2. The van der Waals surface area contributed by atoms with Crippen molar-refractivity contribution < 1.29 is 14.7 Å². The normalized spacial score (nSPS) is 12.7. The molecule has 0 aromatic heterocycles. The molecule has 0 saturated carbocycles. The van der Waals surface area contributed by atoms with Crippen molar-refractivity contribution >= 4 is 35.1 Å². The van der Waals surface area contributed by atoms with Crippen molar-refractivity contribution in [2.24, 2.45) is 0 Å². The van der Waals surface area contributed by atoms with Gasteiger partial charge in [-0.1, -0.05) is 23.2 Å². The molecule has 0 rings (SSSR count). The van der Waals surface area contributed by atoms with Crippen LogP contribution >= 0.6 is 23.2 Å². The van der Waals surface area contributed by atoms with E-state index in [0.717, 1.165) is 0 Å². The average molecular weight is 200 g/mol. The van der Waals surface area contributed by atoms with Gasteiger partial charge in [0.1, 0.15) is 0 Å². The van der Waals surface area contributed by atoms with E-state index in [1.165, 1.54) is 6.92 Å². The summed E-state index contributed by atoms with van der Waals surface area (Å²) < 4.78 is 0. The van der Waals surface area contributed by atoms with Crippen molar-refractivity contribution in [2.75, 3.05) is 0 Å². The highest BCUT2D eigenvalue weighted by molar-refractivity contribution is 6.54. The number of carbonyl (C=O) groups excluding carboxylic acids is 1. The van der Waals surface area contributed by atoms with Gasteiger partial charge in [-0.05, 0) is 6.92 Å². The lowest BCUT2D eigenvalue weighted by Crippen LogP contribution is -2.39. The van der Waals surface area contributed by atoms with Crippen molar-refractivity contribution in [3.63, 3.8) is 0 Å². The molecule has 11 heavy (non-hydrogen) atoms. The van der Waals surface area contributed by atoms with E-state index in [1.54, 1.807) is 0 Å². The zero-order valence-electron chi connectivity index (χ0n) is 5.67. The third-order valence-corrected chi connectivity index (χ3v) is 1.41. The van der Waals surface area contributed by atoms with Gasteiger partial charge in [-0.2, -0.15) is 0 Å². The van der Waals surface area contributed by atoms with Crippen LogP contribution in [0.5, 0.6) is 0 Å². The molecule has 0 aromatic carbocycles. The van der Waals surface area contributed by atoms with Gasteiger partial charge in [-0.15, -0.1) is 0 Å². The first-order valence-corrected chi connectivity index (χ1v) is 3.63. The van der Waals surface area contributed by atoms with Crippen LogP contribution in [-0.2, 0) is 4.79 Å². The number of nitrogens with one attached hydrogen (secondary N) is 1. The fourth-order valence-electron chi connectivity index (χ4n) is 0.445. The molecule has 0 saturated heterocycles. The average Bonchev–Trinajstić information content (AvgIpc) is 1.84. The van der Waals surface area contributed by atoms with Crippen molar-refractivity contribution in [3.05, 3.63) is 0 Å². The number of alkyl halides is 2. The molecule has 0 spiro atoms. The van der Waals surface area contributed by atoms with Crippen LogP contribution in [0.4, 0.5) is 4.79 Å². The number of Topliss-reactive ketones (excluding diaryl/α,β-unsaturated/α-hetero) is 1. The van der Waals surface area contributed by atoms with Gasteiger partial charge in [0, 0.05) is 0 Å². The molecule has 1 atom stereocenters. The van der Waals surface area contributed by atoms with Crippen LogP contribution in [0.3, 0.4) is 0 Å². The van der Waals surface area contributed by atoms with Crippen LogP contribution in [0.25, 0.3) is 0 Å². The summed E-state index contributed by atoms with van der Waals surface area (Å²) in [5.74, 6) is -0.560. The molecule has 1 amide bonds. The molecular formula is C5H7Cl2NO3. The van der Waals surface area contributed by atoms with Gasteiger partial charge >= 0.3 is 6.09 Å². The zero-order chi connectivity index (χ0) is 9.02. The van der Waals surface area contributed by atoms with E-state index >= 15 is 0 Å². The highest BCUT2D eigenvalue weighted by Gasteiger charge is 2.20. The third-order valence-electron chi connectivity index (χ3n) is 0.982. The smallest absolute Gasteiger partial charge is 0.405 e. The second kappa shape index (κ2) is 4.41. The molecule has 1 unspecified atom stereocenters. The quantitative estimate of drug-likeness (QED) is 0.668. The molecule has 0 aliphatic rings. The molecule has 0 fully saturated rings. The number of hydrogen-bond acceptors (Lipinski definition) is 2. The minimum atomic E-state index is -1.28. The van der Waals surface area contributed by atoms with Crippen LogP contribution in [0.15, 0.2) is 0 Å². The minimum Gasteiger partial charge on any atom is -0.465 e. The first kappa shape index (κ1) is 10.5. The molecule has 6 heteroatoms. The van der Waals surface area contributed by atoms with Gasteiger partial charge in [0.25, 0.3) is 0 Å². The molecule has 0 radical (unpaired) electrons. The Kier molecular flexibility index (Phi) is 4.22. The number of carboxylic acid groups (broad SMARTS) is 1. The summed E-state index contributed by atoms with van der Waals surface area (Å²) in [6.07, 6.45) is -1.28. The fourth-order valence-corrected chi connectivity index (χ4v) is 0.823. The van der Waals surface area contributed by atoms with E-state index in [2.05, 4.69) is 0 Å². The number of rotatable bonds is 3. The second-order valence-corrected chi connectivity index (χ2v) is 2.97. The third kappa shape index (κ3) is 4.06. The maximum absolute atomic E-state index is 10.8. The van der Waals surface area contributed by atoms with Gasteiger partial charge in [0.15, 0.2) is 10.6 Å². The maximum atomic E-state index is 10.8. The molecule has 2 N–H and O–H groups in total. The predicted molar refractivity (Wildman–Crippen MR) is 41.1 cm³/mol. The zero-order valence-corrected chi connectivity index (χ0v) is 7.19. The second-order valence-electron chi connectivity index (χ2n) is 1.87. The van der Waals surface area contributed by atoms with Crippen molar-refractivity contribution in [1.29, 1.82) is 0 Å². The van der Waals surface area contributed by atoms with Crippen molar-refractivity contribution in [2.45, 2.75) is 17.8 Å². The summed E-state index contributed by atoms with van der Waals surface area (Å²) in [5.41, 5.74) is 0. The summed E-state index contributed by atoms with van der Waals surface area (Å²) >= 11 is 10.4. The molecule has 4 nitrogen and oxygen atoms in total. The fraction of sp³-hybridized carbons (Fsp3) is 0.600. The standard InChI is InChI=1S/C5H7Cl2NO3/c1-2(8-5(10)11)3(9)4(6)7/h2,4,8H,1H3,(H,10,11). The first-order valence-electron chi connectivity index (χ1n) is 2.76.